The van der Waals surface area contributed by atoms with Gasteiger partial charge in [-0.15, -0.1) is 11.8 Å². The van der Waals surface area contributed by atoms with Crippen LogP contribution < -0.4 is 4.74 Å². The molecule has 1 atom stereocenters. The molecule has 0 amide bonds. The summed E-state index contributed by atoms with van der Waals surface area (Å²) in [6.45, 7) is 2.77. The second-order valence-corrected chi connectivity index (χ2v) is 5.80. The molecule has 0 aliphatic carbocycles. The average Bonchev–Trinajstić information content (AvgIpc) is 2.52. The molecule has 1 aliphatic rings. The van der Waals surface area contributed by atoms with E-state index in [2.05, 4.69) is 18.0 Å². The topological polar surface area (TPSA) is 64.7 Å². The first-order valence-electron chi connectivity index (χ1n) is 6.83. The zero-order chi connectivity index (χ0) is 15.2. The van der Waals surface area contributed by atoms with E-state index in [1.807, 2.05) is 12.1 Å². The number of thioether (sulfide) groups is 1. The first-order valence-corrected chi connectivity index (χ1v) is 7.82. The Bertz CT molecular complexity index is 584. The highest BCUT2D eigenvalue weighted by Gasteiger charge is 2.19. The van der Waals surface area contributed by atoms with Crippen molar-refractivity contribution in [1.82, 2.24) is 0 Å². The minimum absolute atomic E-state index is 0.00136. The monoisotopic (exact) mass is 306 g/mol. The van der Waals surface area contributed by atoms with Gasteiger partial charge in [0.05, 0.1) is 23.6 Å². The highest BCUT2D eigenvalue weighted by atomic mass is 32.2. The van der Waals surface area contributed by atoms with Crippen LogP contribution in [0, 0.1) is 10.1 Å². The van der Waals surface area contributed by atoms with Gasteiger partial charge in [0.25, 0.3) is 0 Å². The van der Waals surface area contributed by atoms with Crippen LogP contribution in [0.5, 0.6) is 5.75 Å². The highest BCUT2D eigenvalue weighted by molar-refractivity contribution is 8.14. The first-order chi connectivity index (χ1) is 10.2. The lowest BCUT2D eigenvalue weighted by Gasteiger charge is -2.16. The van der Waals surface area contributed by atoms with Crippen LogP contribution in [0.4, 0.5) is 5.69 Å². The van der Waals surface area contributed by atoms with Crippen molar-refractivity contribution in [3.05, 3.63) is 46.0 Å². The van der Waals surface area contributed by atoms with Crippen molar-refractivity contribution < 1.29 is 9.66 Å². The van der Waals surface area contributed by atoms with Crippen molar-refractivity contribution in [1.29, 1.82) is 0 Å². The van der Waals surface area contributed by atoms with Gasteiger partial charge in [0.15, 0.2) is 5.75 Å². The van der Waals surface area contributed by atoms with E-state index < -0.39 is 4.92 Å². The number of rotatable bonds is 5. The van der Waals surface area contributed by atoms with Crippen LogP contribution in [0.15, 0.2) is 35.3 Å². The second-order valence-electron chi connectivity index (χ2n) is 4.68. The lowest BCUT2D eigenvalue weighted by atomic mass is 9.97. The number of ether oxygens (including phenoxy) is 1. The minimum atomic E-state index is -0.416. The summed E-state index contributed by atoms with van der Waals surface area (Å²) >= 11 is 1.74. The summed E-state index contributed by atoms with van der Waals surface area (Å²) in [4.78, 5) is 15.2. The molecule has 0 saturated heterocycles. The third-order valence-corrected chi connectivity index (χ3v) is 4.37. The summed E-state index contributed by atoms with van der Waals surface area (Å²) in [5.74, 6) is 1.42. The summed E-state index contributed by atoms with van der Waals surface area (Å²) < 4.78 is 5.02. The van der Waals surface area contributed by atoms with E-state index in [4.69, 9.17) is 4.74 Å². The molecule has 0 saturated carbocycles. The Labute approximate surface area is 128 Å². The van der Waals surface area contributed by atoms with E-state index in [1.165, 1.54) is 7.11 Å². The van der Waals surface area contributed by atoms with Crippen LogP contribution in [0.2, 0.25) is 0 Å². The Balaban J connectivity index is 2.14. The molecule has 0 radical (unpaired) electrons. The molecule has 0 N–H and O–H groups in total. The molecule has 1 aliphatic heterocycles. The number of nitro benzene ring substituents is 1. The maximum atomic E-state index is 11.1. The quantitative estimate of drug-likeness (QED) is 0.613. The van der Waals surface area contributed by atoms with Crippen molar-refractivity contribution >= 4 is 22.5 Å². The highest BCUT2D eigenvalue weighted by Crippen LogP contribution is 2.32. The number of benzene rings is 1. The van der Waals surface area contributed by atoms with Crippen molar-refractivity contribution in [3.8, 4) is 5.75 Å². The summed E-state index contributed by atoms with van der Waals surface area (Å²) in [5, 5.41) is 12.1. The molecule has 5 nitrogen and oxygen atoms in total. The maximum Gasteiger partial charge on any atom is 0.311 e. The number of nitro groups is 1. The number of methoxy groups -OCH3 is 1. The number of hydrogen-bond donors (Lipinski definition) is 0. The molecule has 1 aromatic rings. The fraction of sp³-hybridized carbons (Fsp3) is 0.400. The van der Waals surface area contributed by atoms with Crippen LogP contribution in [0.1, 0.15) is 24.8 Å². The number of hydrogen-bond acceptors (Lipinski definition) is 5. The van der Waals surface area contributed by atoms with Crippen LogP contribution in [0.3, 0.4) is 0 Å². The molecule has 2 rings (SSSR count). The van der Waals surface area contributed by atoms with Gasteiger partial charge in [-0.2, -0.15) is 0 Å². The molecule has 0 spiro atoms. The van der Waals surface area contributed by atoms with Crippen molar-refractivity contribution in [2.45, 2.75) is 19.3 Å². The van der Waals surface area contributed by atoms with Gasteiger partial charge in [-0.3, -0.25) is 15.1 Å². The first kappa shape index (κ1) is 15.6. The van der Waals surface area contributed by atoms with Crippen molar-refractivity contribution in [2.75, 3.05) is 19.4 Å². The van der Waals surface area contributed by atoms with Gasteiger partial charge in [-0.25, -0.2) is 0 Å². The smallest absolute Gasteiger partial charge is 0.311 e. The zero-order valence-corrected chi connectivity index (χ0v) is 12.9. The molecule has 1 heterocycles. The molecule has 1 aromatic carbocycles. The van der Waals surface area contributed by atoms with Crippen LogP contribution in [-0.2, 0) is 0 Å². The summed E-state index contributed by atoms with van der Waals surface area (Å²) in [7, 11) is 1.43. The Kier molecular flexibility index (Phi) is 5.38. The van der Waals surface area contributed by atoms with Gasteiger partial charge in [0.2, 0.25) is 0 Å². The second kappa shape index (κ2) is 7.26. The number of dihydropyridines is 1. The molecule has 0 aromatic heterocycles. The third-order valence-electron chi connectivity index (χ3n) is 3.20. The molecule has 0 bridgehead atoms. The molecule has 0 fully saturated rings. The fourth-order valence-electron chi connectivity index (χ4n) is 2.10. The van der Waals surface area contributed by atoms with E-state index in [-0.39, 0.29) is 17.4 Å². The average molecular weight is 306 g/mol. The Hall–Kier alpha value is -1.82. The fourth-order valence-corrected chi connectivity index (χ4v) is 2.85. The lowest BCUT2D eigenvalue weighted by molar-refractivity contribution is -0.385. The maximum absolute atomic E-state index is 11.1. The van der Waals surface area contributed by atoms with Gasteiger partial charge in [0, 0.05) is 12.0 Å². The van der Waals surface area contributed by atoms with Gasteiger partial charge in [-0.05, 0) is 29.9 Å². The molecule has 6 heteroatoms. The molecule has 21 heavy (non-hydrogen) atoms. The van der Waals surface area contributed by atoms with Crippen LogP contribution in [-0.4, -0.2) is 29.4 Å². The third kappa shape index (κ3) is 3.85. The largest absolute Gasteiger partial charge is 0.490 e. The summed E-state index contributed by atoms with van der Waals surface area (Å²) in [6, 6.07) is 5.08. The standard InChI is InChI=1S/C15H18N2O3S/c1-3-8-21-15-7-5-12(10-16-15)11-4-6-14(20-2)13(9-11)17(18)19/h4-7,9,12H,3,8,10H2,1-2H3. The predicted molar refractivity (Wildman–Crippen MR) is 86.6 cm³/mol. The predicted octanol–water partition coefficient (Wildman–Crippen LogP) is 3.80. The normalized spacial score (nSPS) is 17.4. The SMILES string of the molecule is CCCSC1=NCC(c2ccc(OC)c([N+](=O)[O-])c2)C=C1. The van der Waals surface area contributed by atoms with Gasteiger partial charge in [0.1, 0.15) is 0 Å². The van der Waals surface area contributed by atoms with Gasteiger partial charge < -0.3 is 4.74 Å². The van der Waals surface area contributed by atoms with E-state index in [0.717, 1.165) is 22.8 Å². The summed E-state index contributed by atoms with van der Waals surface area (Å²) in [6.07, 6.45) is 5.19. The zero-order valence-electron chi connectivity index (χ0n) is 12.1. The Morgan fingerprint density at radius 3 is 2.90 bits per heavy atom. The van der Waals surface area contributed by atoms with Gasteiger partial charge in [-0.1, -0.05) is 19.1 Å². The lowest BCUT2D eigenvalue weighted by Crippen LogP contribution is -2.08. The molecule has 112 valence electrons. The van der Waals surface area contributed by atoms with Gasteiger partial charge >= 0.3 is 5.69 Å². The van der Waals surface area contributed by atoms with E-state index in [9.17, 15) is 10.1 Å². The molecule has 1 unspecified atom stereocenters. The molecular formula is C15H18N2O3S. The minimum Gasteiger partial charge on any atom is -0.490 e. The van der Waals surface area contributed by atoms with Crippen LogP contribution >= 0.6 is 11.8 Å². The molecular weight excluding hydrogens is 288 g/mol. The van der Waals surface area contributed by atoms with Crippen LogP contribution in [0.25, 0.3) is 0 Å². The Morgan fingerprint density at radius 1 is 1.52 bits per heavy atom. The van der Waals surface area contributed by atoms with E-state index in [1.54, 1.807) is 23.9 Å². The van der Waals surface area contributed by atoms with Crippen molar-refractivity contribution in [3.63, 3.8) is 0 Å². The van der Waals surface area contributed by atoms with E-state index >= 15 is 0 Å². The number of aliphatic imine (C=N–C) groups is 1. The number of nitrogens with zero attached hydrogens (tertiary/aromatic N) is 2. The summed E-state index contributed by atoms with van der Waals surface area (Å²) in [5.41, 5.74) is 0.889. The van der Waals surface area contributed by atoms with Crippen molar-refractivity contribution in [2.24, 2.45) is 4.99 Å². The Morgan fingerprint density at radius 2 is 2.33 bits per heavy atom. The van der Waals surface area contributed by atoms with E-state index in [0.29, 0.717) is 6.54 Å².